The Balaban J connectivity index is 1.76. The number of ether oxygens (including phenoxy) is 2. The Kier molecular flexibility index (Phi) is 5.51. The van der Waals surface area contributed by atoms with Gasteiger partial charge in [-0.25, -0.2) is 9.78 Å². The normalized spacial score (nSPS) is 15.1. The van der Waals surface area contributed by atoms with E-state index >= 15 is 0 Å². The number of carbonyl (C=O) groups is 2. The largest absolute Gasteiger partial charge is 0.564 e. The van der Waals surface area contributed by atoms with Gasteiger partial charge in [0.2, 0.25) is 5.88 Å². The smallest absolute Gasteiger partial charge is 0.534 e. The second-order valence-electron chi connectivity index (χ2n) is 6.62. The van der Waals surface area contributed by atoms with E-state index in [4.69, 9.17) is 18.8 Å². The zero-order chi connectivity index (χ0) is 20.3. The van der Waals surface area contributed by atoms with Gasteiger partial charge in [-0.1, -0.05) is 12.6 Å². The molecule has 0 aliphatic carbocycles. The summed E-state index contributed by atoms with van der Waals surface area (Å²) >= 11 is 0. The number of hydrogen-bond acceptors (Lipinski definition) is 7. The van der Waals surface area contributed by atoms with Crippen LogP contribution < -0.4 is 10.2 Å². The molecule has 0 radical (unpaired) electrons. The van der Waals surface area contributed by atoms with Crippen molar-refractivity contribution in [1.82, 2.24) is 4.98 Å². The molecule has 2 aromatic rings. The molecule has 144 valence electrons. The first kappa shape index (κ1) is 19.6. The van der Waals surface area contributed by atoms with Gasteiger partial charge in [0.1, 0.15) is 17.6 Å². The summed E-state index contributed by atoms with van der Waals surface area (Å²) < 4.78 is 22.1. The molecule has 0 saturated carbocycles. The molecule has 0 atom stereocenters. The summed E-state index contributed by atoms with van der Waals surface area (Å²) in [7, 11) is -0.710. The van der Waals surface area contributed by atoms with E-state index in [1.54, 1.807) is 37.3 Å². The van der Waals surface area contributed by atoms with Crippen LogP contribution in [0, 0.1) is 0 Å². The van der Waals surface area contributed by atoms with Crippen molar-refractivity contribution >= 4 is 24.8 Å². The molecule has 8 heteroatoms. The third-order valence-corrected chi connectivity index (χ3v) is 4.23. The van der Waals surface area contributed by atoms with Crippen molar-refractivity contribution in [3.8, 4) is 11.6 Å². The molecule has 0 unspecified atom stereocenters. The highest BCUT2D eigenvalue weighted by Crippen LogP contribution is 2.30. The van der Waals surface area contributed by atoms with Gasteiger partial charge in [0, 0.05) is 23.3 Å². The minimum atomic E-state index is -0.710. The monoisotopic (exact) mass is 381 g/mol. The molecule has 3 rings (SSSR count). The van der Waals surface area contributed by atoms with Crippen molar-refractivity contribution in [2.45, 2.75) is 26.4 Å². The lowest BCUT2D eigenvalue weighted by Crippen LogP contribution is -2.36. The Morgan fingerprint density at radius 2 is 2.11 bits per heavy atom. The number of nitrogens with zero attached hydrogens (tertiary/aromatic N) is 1. The number of aldehydes is 1. The standard InChI is InChI=1S/C20H20BNO6/c1-5-25-19(24)14-6-9-18(22-11-14)26-16-7-8-17(15(10-16)12-23)21-27-13(2)20(3,4)28-21/h6-12H,2,5H2,1,3-4H3. The highest BCUT2D eigenvalue weighted by Gasteiger charge is 2.43. The van der Waals surface area contributed by atoms with Crippen LogP contribution >= 0.6 is 0 Å². The second-order valence-corrected chi connectivity index (χ2v) is 6.62. The highest BCUT2D eigenvalue weighted by molar-refractivity contribution is 6.63. The van der Waals surface area contributed by atoms with Gasteiger partial charge in [0.25, 0.3) is 0 Å². The quantitative estimate of drug-likeness (QED) is 0.432. The third kappa shape index (κ3) is 4.07. The number of esters is 1. The van der Waals surface area contributed by atoms with E-state index in [2.05, 4.69) is 11.6 Å². The van der Waals surface area contributed by atoms with Crippen molar-refractivity contribution < 1.29 is 28.4 Å². The van der Waals surface area contributed by atoms with E-state index in [9.17, 15) is 9.59 Å². The van der Waals surface area contributed by atoms with Crippen LogP contribution in [0.5, 0.6) is 11.6 Å². The summed E-state index contributed by atoms with van der Waals surface area (Å²) in [6.45, 7) is 9.55. The Morgan fingerprint density at radius 1 is 1.32 bits per heavy atom. The number of carbonyl (C=O) groups excluding carboxylic acids is 2. The maximum Gasteiger partial charge on any atom is 0.564 e. The molecule has 1 aromatic carbocycles. The summed E-state index contributed by atoms with van der Waals surface area (Å²) in [6.07, 6.45) is 2.08. The number of benzene rings is 1. The third-order valence-electron chi connectivity index (χ3n) is 4.23. The average Bonchev–Trinajstić information content (AvgIpc) is 2.95. The molecule has 0 N–H and O–H groups in total. The summed E-state index contributed by atoms with van der Waals surface area (Å²) in [4.78, 5) is 27.3. The Labute approximate surface area is 163 Å². The molecule has 1 aromatic heterocycles. The molecule has 0 spiro atoms. The first-order valence-electron chi connectivity index (χ1n) is 8.78. The maximum absolute atomic E-state index is 11.7. The lowest BCUT2D eigenvalue weighted by atomic mass is 9.76. The predicted molar refractivity (Wildman–Crippen MR) is 103 cm³/mol. The molecule has 7 nitrogen and oxygen atoms in total. The zero-order valence-electron chi connectivity index (χ0n) is 15.9. The predicted octanol–water partition coefficient (Wildman–Crippen LogP) is 2.90. The van der Waals surface area contributed by atoms with Crippen molar-refractivity contribution in [3.63, 3.8) is 0 Å². The van der Waals surface area contributed by atoms with Crippen molar-refractivity contribution in [2.24, 2.45) is 0 Å². The van der Waals surface area contributed by atoms with Crippen LogP contribution in [0.15, 0.2) is 48.9 Å². The molecule has 1 aliphatic rings. The molecular formula is C20H20BNO6. The highest BCUT2D eigenvalue weighted by atomic mass is 16.7. The van der Waals surface area contributed by atoms with E-state index < -0.39 is 18.7 Å². The van der Waals surface area contributed by atoms with Gasteiger partial charge in [-0.2, -0.15) is 0 Å². The van der Waals surface area contributed by atoms with Gasteiger partial charge in [0.05, 0.1) is 17.9 Å². The number of hydrogen-bond donors (Lipinski definition) is 0. The molecule has 0 bridgehead atoms. The molecule has 1 fully saturated rings. The van der Waals surface area contributed by atoms with E-state index in [1.165, 1.54) is 6.20 Å². The zero-order valence-corrected chi connectivity index (χ0v) is 15.9. The fraction of sp³-hybridized carbons (Fsp3) is 0.250. The van der Waals surface area contributed by atoms with Gasteiger partial charge >= 0.3 is 13.1 Å². The van der Waals surface area contributed by atoms with Gasteiger partial charge in [0.15, 0.2) is 0 Å². The van der Waals surface area contributed by atoms with Gasteiger partial charge in [-0.15, -0.1) is 0 Å². The van der Waals surface area contributed by atoms with Crippen LogP contribution in [0.4, 0.5) is 0 Å². The maximum atomic E-state index is 11.7. The molecule has 0 amide bonds. The van der Waals surface area contributed by atoms with E-state index in [0.29, 0.717) is 34.4 Å². The van der Waals surface area contributed by atoms with Gasteiger partial charge in [-0.05, 0) is 39.0 Å². The first-order valence-corrected chi connectivity index (χ1v) is 8.78. The Bertz CT molecular complexity index is 909. The average molecular weight is 381 g/mol. The summed E-state index contributed by atoms with van der Waals surface area (Å²) in [5.74, 6) is 0.745. The van der Waals surface area contributed by atoms with Crippen molar-refractivity contribution in [3.05, 3.63) is 60.0 Å². The fourth-order valence-corrected chi connectivity index (χ4v) is 2.59. The van der Waals surface area contributed by atoms with Crippen LogP contribution in [-0.4, -0.2) is 36.6 Å². The lowest BCUT2D eigenvalue weighted by molar-refractivity contribution is 0.0525. The van der Waals surface area contributed by atoms with E-state index in [1.807, 2.05) is 13.8 Å². The molecule has 2 heterocycles. The van der Waals surface area contributed by atoms with Crippen LogP contribution in [0.2, 0.25) is 0 Å². The molecule has 1 saturated heterocycles. The topological polar surface area (TPSA) is 84.0 Å². The fourth-order valence-electron chi connectivity index (χ4n) is 2.59. The Morgan fingerprint density at radius 3 is 2.68 bits per heavy atom. The summed E-state index contributed by atoms with van der Waals surface area (Å²) in [5.41, 5.74) is 0.650. The van der Waals surface area contributed by atoms with Gasteiger partial charge < -0.3 is 18.8 Å². The van der Waals surface area contributed by atoms with Crippen molar-refractivity contribution in [2.75, 3.05) is 6.61 Å². The second kappa shape index (κ2) is 7.86. The van der Waals surface area contributed by atoms with E-state index in [0.717, 1.165) is 0 Å². The molecular weight excluding hydrogens is 361 g/mol. The molecule has 28 heavy (non-hydrogen) atoms. The minimum Gasteiger partial charge on any atom is -0.534 e. The van der Waals surface area contributed by atoms with Crippen LogP contribution in [0.1, 0.15) is 41.5 Å². The summed E-state index contributed by atoms with van der Waals surface area (Å²) in [6, 6.07) is 8.07. The number of pyridine rings is 1. The minimum absolute atomic E-state index is 0.278. The first-order chi connectivity index (χ1) is 13.3. The van der Waals surface area contributed by atoms with Crippen LogP contribution in [-0.2, 0) is 14.0 Å². The van der Waals surface area contributed by atoms with E-state index in [-0.39, 0.29) is 12.5 Å². The SMILES string of the molecule is C=C1OB(c2ccc(Oc3ccc(C(=O)OCC)cn3)cc2C=O)OC1(C)C. The lowest BCUT2D eigenvalue weighted by Gasteiger charge is -2.15. The summed E-state index contributed by atoms with van der Waals surface area (Å²) in [5, 5.41) is 0. The van der Waals surface area contributed by atoms with Gasteiger partial charge in [-0.3, -0.25) is 4.79 Å². The molecule has 1 aliphatic heterocycles. The Hall–Kier alpha value is -3.13. The van der Waals surface area contributed by atoms with Crippen LogP contribution in [0.3, 0.4) is 0 Å². The van der Waals surface area contributed by atoms with Crippen molar-refractivity contribution in [1.29, 1.82) is 0 Å². The number of aromatic nitrogens is 1. The number of rotatable bonds is 6. The van der Waals surface area contributed by atoms with Crippen LogP contribution in [0.25, 0.3) is 0 Å².